The van der Waals surface area contributed by atoms with Crippen molar-refractivity contribution >= 4 is 63.5 Å². The molecule has 0 spiro atoms. The smallest absolute Gasteiger partial charge is 0.224 e. The van der Waals surface area contributed by atoms with E-state index in [2.05, 4.69) is 49.1 Å². The Kier molecular flexibility index (Phi) is 8.19. The quantitative estimate of drug-likeness (QED) is 0.365. The van der Waals surface area contributed by atoms with Gasteiger partial charge in [-0.25, -0.2) is 0 Å². The molecule has 0 unspecified atom stereocenters. The van der Waals surface area contributed by atoms with Gasteiger partial charge >= 0.3 is 0 Å². The van der Waals surface area contributed by atoms with Crippen LogP contribution in [0.1, 0.15) is 16.9 Å². The zero-order chi connectivity index (χ0) is 19.3. The molecule has 9 heteroatoms. The second kappa shape index (κ2) is 10.6. The average molecular weight is 546 g/mol. The number of thiophene rings is 2. The van der Waals surface area contributed by atoms with E-state index in [1.807, 2.05) is 11.9 Å². The van der Waals surface area contributed by atoms with Gasteiger partial charge in [-0.1, -0.05) is 0 Å². The highest BCUT2D eigenvalue weighted by atomic mass is 127. The lowest BCUT2D eigenvalue weighted by Gasteiger charge is -2.37. The number of amides is 1. The van der Waals surface area contributed by atoms with Crippen LogP contribution in [0, 0.1) is 0 Å². The molecule has 0 aliphatic carbocycles. The summed E-state index contributed by atoms with van der Waals surface area (Å²) in [6.45, 7) is 6.11. The summed E-state index contributed by atoms with van der Waals surface area (Å²) in [7, 11) is 1.82. The monoisotopic (exact) mass is 545 g/mol. The molecule has 1 amide bonds. The van der Waals surface area contributed by atoms with E-state index in [1.54, 1.807) is 22.7 Å². The van der Waals surface area contributed by atoms with Crippen LogP contribution in [-0.2, 0) is 17.8 Å². The highest BCUT2D eigenvalue weighted by Gasteiger charge is 2.22. The molecule has 158 valence electrons. The number of nitrogens with zero attached hydrogens (tertiary/aromatic N) is 4. The fraction of sp³-hybridized carbons (Fsp3) is 0.500. The molecule has 0 aromatic carbocycles. The van der Waals surface area contributed by atoms with Crippen molar-refractivity contribution in [3.8, 4) is 0 Å². The van der Waals surface area contributed by atoms with Crippen LogP contribution in [0.2, 0.25) is 0 Å². The summed E-state index contributed by atoms with van der Waals surface area (Å²) in [5, 5.41) is 8.98. The minimum atomic E-state index is 0. The zero-order valence-corrected chi connectivity index (χ0v) is 20.6. The highest BCUT2D eigenvalue weighted by molar-refractivity contribution is 14.0. The van der Waals surface area contributed by atoms with Crippen LogP contribution in [0.15, 0.2) is 34.0 Å². The molecular weight excluding hydrogens is 517 g/mol. The number of piperazine rings is 1. The average Bonchev–Trinajstić information content (AvgIpc) is 3.42. The van der Waals surface area contributed by atoms with Crippen molar-refractivity contribution in [1.29, 1.82) is 0 Å². The third-order valence-electron chi connectivity index (χ3n) is 5.39. The molecule has 1 N–H and O–H groups in total. The number of rotatable bonds is 4. The van der Waals surface area contributed by atoms with E-state index in [1.165, 1.54) is 15.4 Å². The summed E-state index contributed by atoms with van der Waals surface area (Å²) in [6, 6.07) is 6.43. The lowest BCUT2D eigenvalue weighted by atomic mass is 10.1. The second-order valence-electron chi connectivity index (χ2n) is 7.08. The topological polar surface area (TPSA) is 51.2 Å². The van der Waals surface area contributed by atoms with E-state index in [-0.39, 0.29) is 29.9 Å². The van der Waals surface area contributed by atoms with Gasteiger partial charge in [-0.2, -0.15) is 0 Å². The molecule has 4 heterocycles. The number of fused-ring (bicyclic) bond motifs is 1. The Hall–Kier alpha value is -1.33. The Morgan fingerprint density at radius 1 is 1.10 bits per heavy atom. The van der Waals surface area contributed by atoms with Gasteiger partial charge in [0, 0.05) is 64.2 Å². The number of hydrogen-bond donors (Lipinski definition) is 1. The Balaban J connectivity index is 0.00000240. The fourth-order valence-corrected chi connectivity index (χ4v) is 5.50. The van der Waals surface area contributed by atoms with Crippen LogP contribution in [-0.4, -0.2) is 68.0 Å². The first kappa shape index (κ1) is 22.4. The molecule has 1 saturated heterocycles. The lowest BCUT2D eigenvalue weighted by molar-refractivity contribution is -0.131. The van der Waals surface area contributed by atoms with E-state index in [9.17, 15) is 4.79 Å². The van der Waals surface area contributed by atoms with Crippen molar-refractivity contribution in [2.45, 2.75) is 19.4 Å². The zero-order valence-electron chi connectivity index (χ0n) is 16.7. The van der Waals surface area contributed by atoms with Gasteiger partial charge in [0.15, 0.2) is 5.96 Å². The summed E-state index contributed by atoms with van der Waals surface area (Å²) in [4.78, 5) is 25.1. The molecule has 4 rings (SSSR count). The number of nitrogens with one attached hydrogen (secondary N) is 1. The van der Waals surface area contributed by atoms with Gasteiger partial charge in [-0.15, -0.1) is 46.7 Å². The molecule has 2 aromatic rings. The van der Waals surface area contributed by atoms with E-state index in [0.717, 1.165) is 51.6 Å². The minimum Gasteiger partial charge on any atom is -0.360 e. The van der Waals surface area contributed by atoms with Gasteiger partial charge in [0.1, 0.15) is 0 Å². The standard InChI is InChI=1S/C20H27N5OS2.HI/c1-21-20(24-11-9-23(10-12-24)19-3-2-13-28-19)22-7-4-18(26)25-8-5-17-16(15-25)6-14-27-17;/h2-3,6,13-14H,4-5,7-12,15H2,1H3,(H,21,22);1H. The van der Waals surface area contributed by atoms with Crippen molar-refractivity contribution < 1.29 is 4.79 Å². The van der Waals surface area contributed by atoms with Crippen molar-refractivity contribution in [3.63, 3.8) is 0 Å². The first-order valence-electron chi connectivity index (χ1n) is 9.81. The Labute approximate surface area is 197 Å². The van der Waals surface area contributed by atoms with Crippen LogP contribution < -0.4 is 10.2 Å². The maximum absolute atomic E-state index is 12.6. The van der Waals surface area contributed by atoms with Crippen LogP contribution in [0.25, 0.3) is 0 Å². The van der Waals surface area contributed by atoms with Gasteiger partial charge in [-0.3, -0.25) is 9.79 Å². The van der Waals surface area contributed by atoms with E-state index in [0.29, 0.717) is 13.0 Å². The van der Waals surface area contributed by atoms with Crippen molar-refractivity contribution in [2.24, 2.45) is 4.99 Å². The molecule has 29 heavy (non-hydrogen) atoms. The molecular formula is C20H28IN5OS2. The first-order chi connectivity index (χ1) is 13.7. The molecule has 2 aromatic heterocycles. The van der Waals surface area contributed by atoms with Crippen LogP contribution in [0.5, 0.6) is 0 Å². The minimum absolute atomic E-state index is 0. The molecule has 0 atom stereocenters. The predicted molar refractivity (Wildman–Crippen MR) is 133 cm³/mol. The fourth-order valence-electron chi connectivity index (χ4n) is 3.82. The van der Waals surface area contributed by atoms with E-state index >= 15 is 0 Å². The molecule has 2 aliphatic heterocycles. The molecule has 0 bridgehead atoms. The summed E-state index contributed by atoms with van der Waals surface area (Å²) < 4.78 is 0. The third-order valence-corrected chi connectivity index (χ3v) is 7.34. The largest absolute Gasteiger partial charge is 0.360 e. The first-order valence-corrected chi connectivity index (χ1v) is 11.6. The van der Waals surface area contributed by atoms with Crippen LogP contribution >= 0.6 is 46.7 Å². The van der Waals surface area contributed by atoms with Crippen molar-refractivity contribution in [2.75, 3.05) is 51.2 Å². The van der Waals surface area contributed by atoms with Gasteiger partial charge < -0.3 is 20.0 Å². The number of carbonyl (C=O) groups is 1. The number of aliphatic imine (C=N–C) groups is 1. The van der Waals surface area contributed by atoms with E-state index in [4.69, 9.17) is 0 Å². The lowest BCUT2D eigenvalue weighted by Crippen LogP contribution is -2.52. The number of carbonyl (C=O) groups excluding carboxylic acids is 1. The Morgan fingerprint density at radius 3 is 2.66 bits per heavy atom. The second-order valence-corrected chi connectivity index (χ2v) is 9.01. The number of anilines is 1. The summed E-state index contributed by atoms with van der Waals surface area (Å²) in [5.41, 5.74) is 1.32. The van der Waals surface area contributed by atoms with Crippen LogP contribution in [0.4, 0.5) is 5.00 Å². The predicted octanol–water partition coefficient (Wildman–Crippen LogP) is 3.10. The Morgan fingerprint density at radius 2 is 1.93 bits per heavy atom. The summed E-state index contributed by atoms with van der Waals surface area (Å²) >= 11 is 3.60. The number of guanidine groups is 1. The highest BCUT2D eigenvalue weighted by Crippen LogP contribution is 2.24. The maximum Gasteiger partial charge on any atom is 0.224 e. The summed E-state index contributed by atoms with van der Waals surface area (Å²) in [6.07, 6.45) is 1.50. The van der Waals surface area contributed by atoms with Gasteiger partial charge in [0.25, 0.3) is 0 Å². The molecule has 1 fully saturated rings. The molecule has 2 aliphatic rings. The third kappa shape index (κ3) is 5.43. The normalized spacial score (nSPS) is 17.0. The van der Waals surface area contributed by atoms with Crippen molar-refractivity contribution in [3.05, 3.63) is 39.4 Å². The van der Waals surface area contributed by atoms with Crippen LogP contribution in [0.3, 0.4) is 0 Å². The van der Waals surface area contributed by atoms with Gasteiger partial charge in [-0.05, 0) is 40.9 Å². The van der Waals surface area contributed by atoms with Gasteiger partial charge in [0.05, 0.1) is 5.00 Å². The SMILES string of the molecule is CN=C(NCCC(=O)N1CCc2sccc2C1)N1CCN(c2cccs2)CC1.I. The van der Waals surface area contributed by atoms with E-state index < -0.39 is 0 Å². The number of halogens is 1. The molecule has 0 radical (unpaired) electrons. The molecule has 0 saturated carbocycles. The Bertz CT molecular complexity index is 815. The molecule has 6 nitrogen and oxygen atoms in total. The summed E-state index contributed by atoms with van der Waals surface area (Å²) in [5.74, 6) is 1.12. The van der Waals surface area contributed by atoms with Crippen molar-refractivity contribution in [1.82, 2.24) is 15.1 Å². The number of hydrogen-bond acceptors (Lipinski definition) is 5. The van der Waals surface area contributed by atoms with Gasteiger partial charge in [0.2, 0.25) is 5.91 Å². The maximum atomic E-state index is 12.6.